The van der Waals surface area contributed by atoms with Crippen LogP contribution in [0.3, 0.4) is 0 Å². The molecule has 1 aliphatic carbocycles. The van der Waals surface area contributed by atoms with Crippen LogP contribution in [0.4, 0.5) is 0 Å². The second-order valence-electron chi connectivity index (χ2n) is 7.03. The van der Waals surface area contributed by atoms with Crippen LogP contribution in [0.1, 0.15) is 39.0 Å². The van der Waals surface area contributed by atoms with Crippen molar-refractivity contribution in [2.24, 2.45) is 5.92 Å². The molecule has 3 heteroatoms. The number of nitrogens with one attached hydrogen (secondary N) is 1. The van der Waals surface area contributed by atoms with E-state index in [4.69, 9.17) is 0 Å². The monoisotopic (exact) mass is 249 g/mol. The Morgan fingerprint density at radius 2 is 1.89 bits per heavy atom. The van der Waals surface area contributed by atoms with Crippen molar-refractivity contribution in [1.29, 1.82) is 0 Å². The smallest absolute Gasteiger partial charge is 0.0264 e. The number of likely N-dealkylation sites (tertiary alicyclic amines) is 2. The molecule has 4 aliphatic rings. The summed E-state index contributed by atoms with van der Waals surface area (Å²) in [6.07, 6.45) is 7.23. The molecular weight excluding hydrogens is 222 g/mol. The Hall–Kier alpha value is -0.120. The highest BCUT2D eigenvalue weighted by molar-refractivity contribution is 5.01. The maximum Gasteiger partial charge on any atom is 0.0264 e. The molecule has 1 saturated carbocycles. The van der Waals surface area contributed by atoms with E-state index < -0.39 is 0 Å². The largest absolute Gasteiger partial charge is 0.315 e. The molecule has 0 aromatic carbocycles. The summed E-state index contributed by atoms with van der Waals surface area (Å²) in [5, 5.41) is 3.62. The number of nitrogens with zero attached hydrogens (tertiary/aromatic N) is 2. The summed E-state index contributed by atoms with van der Waals surface area (Å²) < 4.78 is 0. The van der Waals surface area contributed by atoms with Crippen molar-refractivity contribution in [1.82, 2.24) is 15.1 Å². The van der Waals surface area contributed by atoms with Gasteiger partial charge >= 0.3 is 0 Å². The number of rotatable bonds is 2. The number of hydrogen-bond acceptors (Lipinski definition) is 3. The van der Waals surface area contributed by atoms with E-state index in [1.807, 2.05) is 0 Å². The van der Waals surface area contributed by atoms with E-state index in [1.54, 1.807) is 0 Å². The van der Waals surface area contributed by atoms with Gasteiger partial charge in [0, 0.05) is 37.3 Å². The van der Waals surface area contributed by atoms with Crippen LogP contribution < -0.4 is 5.32 Å². The minimum atomic E-state index is 0.831. The standard InChI is InChI=1S/C15H27N3/c1-11-7-14(10-18(11)13-4-5-13)17-6-2-3-12-8-16-9-15(12)17/h11-16H,2-10H2,1H3. The second-order valence-corrected chi connectivity index (χ2v) is 7.03. The molecule has 0 bridgehead atoms. The molecule has 4 unspecified atom stereocenters. The first-order valence-corrected chi connectivity index (χ1v) is 8.05. The first kappa shape index (κ1) is 11.7. The second kappa shape index (κ2) is 4.46. The summed E-state index contributed by atoms with van der Waals surface area (Å²) in [7, 11) is 0. The van der Waals surface area contributed by atoms with Crippen molar-refractivity contribution in [2.45, 2.75) is 63.2 Å². The van der Waals surface area contributed by atoms with Gasteiger partial charge in [-0.25, -0.2) is 0 Å². The van der Waals surface area contributed by atoms with Gasteiger partial charge in [-0.3, -0.25) is 9.80 Å². The third-order valence-electron chi connectivity index (χ3n) is 5.81. The zero-order chi connectivity index (χ0) is 12.1. The van der Waals surface area contributed by atoms with Crippen LogP contribution in [-0.4, -0.2) is 60.1 Å². The fraction of sp³-hybridized carbons (Fsp3) is 1.00. The first-order valence-electron chi connectivity index (χ1n) is 8.05. The highest BCUT2D eigenvalue weighted by Crippen LogP contribution is 2.37. The van der Waals surface area contributed by atoms with E-state index in [1.165, 1.54) is 58.3 Å². The summed E-state index contributed by atoms with van der Waals surface area (Å²) in [6, 6.07) is 3.49. The molecule has 0 radical (unpaired) electrons. The molecule has 3 saturated heterocycles. The molecule has 18 heavy (non-hydrogen) atoms. The Morgan fingerprint density at radius 3 is 2.72 bits per heavy atom. The predicted molar refractivity (Wildman–Crippen MR) is 73.7 cm³/mol. The summed E-state index contributed by atoms with van der Waals surface area (Å²) in [6.45, 7) is 7.69. The van der Waals surface area contributed by atoms with Crippen LogP contribution in [0, 0.1) is 5.92 Å². The molecule has 1 N–H and O–H groups in total. The normalized spacial score (nSPS) is 46.5. The van der Waals surface area contributed by atoms with Crippen molar-refractivity contribution >= 4 is 0 Å². The fourth-order valence-corrected chi connectivity index (χ4v) is 4.74. The van der Waals surface area contributed by atoms with Crippen molar-refractivity contribution in [2.75, 3.05) is 26.2 Å². The molecule has 0 spiro atoms. The lowest BCUT2D eigenvalue weighted by Crippen LogP contribution is -2.51. The van der Waals surface area contributed by atoms with Crippen LogP contribution in [0.25, 0.3) is 0 Å². The number of hydrogen-bond donors (Lipinski definition) is 1. The van der Waals surface area contributed by atoms with Gasteiger partial charge in [0.05, 0.1) is 0 Å². The summed E-state index contributed by atoms with van der Waals surface area (Å²) in [5.74, 6) is 0.948. The summed E-state index contributed by atoms with van der Waals surface area (Å²) in [5.41, 5.74) is 0. The SMILES string of the molecule is CC1CC(N2CCCC3CNCC32)CN1C1CC1. The quantitative estimate of drug-likeness (QED) is 0.796. The summed E-state index contributed by atoms with van der Waals surface area (Å²) >= 11 is 0. The van der Waals surface area contributed by atoms with E-state index >= 15 is 0 Å². The molecule has 4 atom stereocenters. The maximum absolute atomic E-state index is 3.62. The number of fused-ring (bicyclic) bond motifs is 1. The van der Waals surface area contributed by atoms with Gasteiger partial charge in [-0.2, -0.15) is 0 Å². The maximum atomic E-state index is 3.62. The van der Waals surface area contributed by atoms with Crippen molar-refractivity contribution in [3.63, 3.8) is 0 Å². The van der Waals surface area contributed by atoms with Crippen LogP contribution in [-0.2, 0) is 0 Å². The van der Waals surface area contributed by atoms with E-state index in [2.05, 4.69) is 22.0 Å². The van der Waals surface area contributed by atoms with Gasteiger partial charge < -0.3 is 5.32 Å². The lowest BCUT2D eigenvalue weighted by Gasteiger charge is -2.41. The van der Waals surface area contributed by atoms with Gasteiger partial charge in [0.1, 0.15) is 0 Å². The average molecular weight is 249 g/mol. The molecule has 0 amide bonds. The zero-order valence-electron chi connectivity index (χ0n) is 11.6. The first-order chi connectivity index (χ1) is 8.83. The van der Waals surface area contributed by atoms with Gasteiger partial charge in [-0.1, -0.05) is 0 Å². The van der Waals surface area contributed by atoms with Gasteiger partial charge in [0.2, 0.25) is 0 Å². The van der Waals surface area contributed by atoms with Gasteiger partial charge in [-0.15, -0.1) is 0 Å². The van der Waals surface area contributed by atoms with E-state index in [9.17, 15) is 0 Å². The van der Waals surface area contributed by atoms with E-state index in [-0.39, 0.29) is 0 Å². The van der Waals surface area contributed by atoms with E-state index in [0.717, 1.165) is 30.1 Å². The highest BCUT2D eigenvalue weighted by Gasteiger charge is 2.44. The van der Waals surface area contributed by atoms with Crippen LogP contribution >= 0.6 is 0 Å². The molecule has 102 valence electrons. The third kappa shape index (κ3) is 1.91. The minimum Gasteiger partial charge on any atom is -0.315 e. The minimum absolute atomic E-state index is 0.831. The average Bonchev–Trinajstić information content (AvgIpc) is 2.97. The molecule has 3 nitrogen and oxygen atoms in total. The third-order valence-corrected chi connectivity index (χ3v) is 5.81. The van der Waals surface area contributed by atoms with Crippen LogP contribution in [0.2, 0.25) is 0 Å². The van der Waals surface area contributed by atoms with Crippen molar-refractivity contribution in [3.8, 4) is 0 Å². The number of piperidine rings is 1. The fourth-order valence-electron chi connectivity index (χ4n) is 4.74. The molecule has 3 aliphatic heterocycles. The molecule has 4 fully saturated rings. The predicted octanol–water partition coefficient (Wildman–Crippen LogP) is 1.30. The summed E-state index contributed by atoms with van der Waals surface area (Å²) in [4.78, 5) is 5.68. The Kier molecular flexibility index (Phi) is 2.90. The Balaban J connectivity index is 1.46. The van der Waals surface area contributed by atoms with Gasteiger partial charge in [-0.05, 0) is 58.0 Å². The molecule has 0 aromatic heterocycles. The van der Waals surface area contributed by atoms with Gasteiger partial charge in [0.25, 0.3) is 0 Å². The molecule has 4 rings (SSSR count). The lowest BCUT2D eigenvalue weighted by atomic mass is 9.90. The lowest BCUT2D eigenvalue weighted by molar-refractivity contribution is 0.0793. The van der Waals surface area contributed by atoms with Crippen LogP contribution in [0.15, 0.2) is 0 Å². The van der Waals surface area contributed by atoms with Crippen molar-refractivity contribution < 1.29 is 0 Å². The Morgan fingerprint density at radius 1 is 1.00 bits per heavy atom. The highest BCUT2D eigenvalue weighted by atomic mass is 15.3. The van der Waals surface area contributed by atoms with Gasteiger partial charge in [0.15, 0.2) is 0 Å². The Labute approximate surface area is 111 Å². The van der Waals surface area contributed by atoms with Crippen molar-refractivity contribution in [3.05, 3.63) is 0 Å². The Bertz CT molecular complexity index is 315. The molecular formula is C15H27N3. The van der Waals surface area contributed by atoms with Crippen LogP contribution in [0.5, 0.6) is 0 Å². The van der Waals surface area contributed by atoms with E-state index in [0.29, 0.717) is 0 Å². The molecule has 3 heterocycles. The topological polar surface area (TPSA) is 18.5 Å². The zero-order valence-corrected chi connectivity index (χ0v) is 11.6. The molecule has 0 aromatic rings.